The number of unbranched alkanes of at least 4 members (excludes halogenated alkanes) is 1. The summed E-state index contributed by atoms with van der Waals surface area (Å²) in [7, 11) is -3.83. The fourth-order valence-corrected chi connectivity index (χ4v) is 4.81. The maximum atomic E-state index is 13.4. The molecule has 0 saturated carbocycles. The van der Waals surface area contributed by atoms with Crippen LogP contribution in [0.15, 0.2) is 96.0 Å². The number of hydrogen-bond acceptors (Lipinski definition) is 3. The number of hydrogen-bond donors (Lipinski definition) is 1. The summed E-state index contributed by atoms with van der Waals surface area (Å²) in [5, 5.41) is 4.63. The molecule has 164 valence electrons. The van der Waals surface area contributed by atoms with Crippen LogP contribution in [0.2, 0.25) is 0 Å². The van der Waals surface area contributed by atoms with E-state index in [2.05, 4.69) is 16.7 Å². The monoisotopic (exact) mass is 445 g/mol. The van der Waals surface area contributed by atoms with Crippen molar-refractivity contribution in [2.24, 2.45) is 0 Å². The zero-order valence-electron chi connectivity index (χ0n) is 18.1. The molecular weight excluding hydrogens is 418 g/mol. The lowest BCUT2D eigenvalue weighted by molar-refractivity contribution is 0.601. The normalized spacial score (nSPS) is 11.4. The molecule has 1 N–H and O–H groups in total. The number of aryl methyl sites for hydroxylation is 1. The highest BCUT2D eigenvalue weighted by Gasteiger charge is 2.24. The van der Waals surface area contributed by atoms with Crippen LogP contribution in [0.5, 0.6) is 0 Å². The van der Waals surface area contributed by atoms with Crippen molar-refractivity contribution in [3.05, 3.63) is 102 Å². The molecule has 4 aromatic rings. The topological polar surface area (TPSA) is 64.0 Å². The number of benzene rings is 3. The Morgan fingerprint density at radius 3 is 2.16 bits per heavy atom. The lowest BCUT2D eigenvalue weighted by atomic mass is 10.1. The van der Waals surface area contributed by atoms with Crippen molar-refractivity contribution in [1.82, 2.24) is 9.78 Å². The van der Waals surface area contributed by atoms with Crippen LogP contribution in [0, 0.1) is 0 Å². The van der Waals surface area contributed by atoms with Crippen molar-refractivity contribution < 1.29 is 8.42 Å². The zero-order chi connectivity index (χ0) is 22.4. The van der Waals surface area contributed by atoms with Crippen molar-refractivity contribution in [2.75, 3.05) is 4.72 Å². The first-order valence-corrected chi connectivity index (χ1v) is 12.3. The van der Waals surface area contributed by atoms with Gasteiger partial charge in [-0.2, -0.15) is 5.10 Å². The minimum absolute atomic E-state index is 0.162. The van der Waals surface area contributed by atoms with Crippen molar-refractivity contribution in [3.8, 4) is 11.3 Å². The Morgan fingerprint density at radius 1 is 0.844 bits per heavy atom. The molecule has 6 heteroatoms. The second-order valence-corrected chi connectivity index (χ2v) is 9.45. The van der Waals surface area contributed by atoms with Crippen LogP contribution in [-0.2, 0) is 23.0 Å². The van der Waals surface area contributed by atoms with Crippen molar-refractivity contribution in [3.63, 3.8) is 0 Å². The average molecular weight is 446 g/mol. The predicted octanol–water partition coefficient (Wildman–Crippen LogP) is 5.74. The lowest BCUT2D eigenvalue weighted by Gasteiger charge is -2.09. The molecule has 0 aliphatic rings. The van der Waals surface area contributed by atoms with E-state index < -0.39 is 10.0 Å². The van der Waals surface area contributed by atoms with Gasteiger partial charge in [0.25, 0.3) is 10.0 Å². The molecule has 4 rings (SSSR count). The third kappa shape index (κ3) is 5.26. The van der Waals surface area contributed by atoms with Gasteiger partial charge in [-0.3, -0.25) is 9.40 Å². The Labute approximate surface area is 189 Å². The van der Waals surface area contributed by atoms with Gasteiger partial charge in [-0.25, -0.2) is 8.42 Å². The molecule has 3 aromatic carbocycles. The van der Waals surface area contributed by atoms with Gasteiger partial charge in [0.2, 0.25) is 0 Å². The second kappa shape index (κ2) is 9.83. The molecule has 5 nitrogen and oxygen atoms in total. The van der Waals surface area contributed by atoms with Gasteiger partial charge in [0.05, 0.1) is 6.54 Å². The molecule has 1 aromatic heterocycles. The van der Waals surface area contributed by atoms with E-state index in [1.165, 1.54) is 5.56 Å². The minimum atomic E-state index is -3.83. The Hall–Kier alpha value is -3.38. The number of aromatic nitrogens is 2. The molecule has 0 aliphatic carbocycles. The quantitative estimate of drug-likeness (QED) is 0.357. The Kier molecular flexibility index (Phi) is 6.71. The van der Waals surface area contributed by atoms with Crippen molar-refractivity contribution in [1.29, 1.82) is 0 Å². The predicted molar refractivity (Wildman–Crippen MR) is 129 cm³/mol. The van der Waals surface area contributed by atoms with E-state index >= 15 is 0 Å². The first-order chi connectivity index (χ1) is 15.5. The summed E-state index contributed by atoms with van der Waals surface area (Å²) in [4.78, 5) is 0.162. The number of rotatable bonds is 9. The lowest BCUT2D eigenvalue weighted by Crippen LogP contribution is -2.13. The fourth-order valence-electron chi connectivity index (χ4n) is 3.58. The average Bonchev–Trinajstić information content (AvgIpc) is 3.24. The standard InChI is InChI=1S/C26H27N3O2S/c1-2-3-10-21-15-17-24(18-16-21)28-32(30,31)25-20-29(19-22-11-6-4-7-12-22)27-26(25)23-13-8-5-9-14-23/h4-9,11-18,20,28H,2-3,10,19H2,1H3. The van der Waals surface area contributed by atoms with Gasteiger partial charge < -0.3 is 0 Å². The van der Waals surface area contributed by atoms with Crippen molar-refractivity contribution in [2.45, 2.75) is 37.6 Å². The van der Waals surface area contributed by atoms with Crippen LogP contribution in [0.3, 0.4) is 0 Å². The van der Waals surface area contributed by atoms with E-state index in [9.17, 15) is 8.42 Å². The molecule has 0 saturated heterocycles. The van der Waals surface area contributed by atoms with Gasteiger partial charge in [0, 0.05) is 17.4 Å². The number of nitrogens with one attached hydrogen (secondary N) is 1. The molecule has 0 bridgehead atoms. The molecule has 0 atom stereocenters. The highest BCUT2D eigenvalue weighted by molar-refractivity contribution is 7.92. The SMILES string of the molecule is CCCCc1ccc(NS(=O)(=O)c2cn(Cc3ccccc3)nc2-c2ccccc2)cc1. The third-order valence-corrected chi connectivity index (χ3v) is 6.66. The summed E-state index contributed by atoms with van der Waals surface area (Å²) in [6.07, 6.45) is 4.84. The summed E-state index contributed by atoms with van der Waals surface area (Å²) in [5.41, 5.74) is 3.99. The van der Waals surface area contributed by atoms with Crippen LogP contribution in [0.4, 0.5) is 5.69 Å². The van der Waals surface area contributed by atoms with Gasteiger partial charge >= 0.3 is 0 Å². The van der Waals surface area contributed by atoms with Crippen LogP contribution >= 0.6 is 0 Å². The van der Waals surface area contributed by atoms with E-state index in [1.54, 1.807) is 10.9 Å². The molecule has 0 spiro atoms. The maximum absolute atomic E-state index is 13.4. The van der Waals surface area contributed by atoms with E-state index in [4.69, 9.17) is 0 Å². The molecule has 0 aliphatic heterocycles. The van der Waals surface area contributed by atoms with E-state index in [-0.39, 0.29) is 4.90 Å². The van der Waals surface area contributed by atoms with Crippen LogP contribution in [-0.4, -0.2) is 18.2 Å². The van der Waals surface area contributed by atoms with Crippen LogP contribution in [0.25, 0.3) is 11.3 Å². The largest absolute Gasteiger partial charge is 0.280 e. The molecular formula is C26H27N3O2S. The van der Waals surface area contributed by atoms with Crippen LogP contribution in [0.1, 0.15) is 30.9 Å². The van der Waals surface area contributed by atoms with Gasteiger partial charge in [-0.1, -0.05) is 86.1 Å². The highest BCUT2D eigenvalue weighted by atomic mass is 32.2. The Balaban J connectivity index is 1.65. The summed E-state index contributed by atoms with van der Waals surface area (Å²) in [5.74, 6) is 0. The first-order valence-electron chi connectivity index (χ1n) is 10.8. The number of anilines is 1. The Morgan fingerprint density at radius 2 is 1.50 bits per heavy atom. The van der Waals surface area contributed by atoms with E-state index in [0.29, 0.717) is 17.9 Å². The van der Waals surface area contributed by atoms with Gasteiger partial charge in [0.1, 0.15) is 10.6 Å². The van der Waals surface area contributed by atoms with E-state index in [0.717, 1.165) is 30.4 Å². The summed E-state index contributed by atoms with van der Waals surface area (Å²) >= 11 is 0. The number of nitrogens with zero attached hydrogens (tertiary/aromatic N) is 2. The molecule has 0 amide bonds. The fraction of sp³-hybridized carbons (Fsp3) is 0.192. The first kappa shape index (κ1) is 21.8. The Bertz CT molecular complexity index is 1250. The van der Waals surface area contributed by atoms with Gasteiger partial charge in [0.15, 0.2) is 0 Å². The van der Waals surface area contributed by atoms with Crippen LogP contribution < -0.4 is 4.72 Å². The summed E-state index contributed by atoms with van der Waals surface area (Å²) < 4.78 is 31.1. The van der Waals surface area contributed by atoms with Gasteiger partial charge in [-0.15, -0.1) is 0 Å². The smallest absolute Gasteiger partial charge is 0.265 e. The number of sulfonamides is 1. The van der Waals surface area contributed by atoms with Gasteiger partial charge in [-0.05, 0) is 36.1 Å². The summed E-state index contributed by atoms with van der Waals surface area (Å²) in [6.45, 7) is 2.65. The van der Waals surface area contributed by atoms with E-state index in [1.807, 2.05) is 84.9 Å². The zero-order valence-corrected chi connectivity index (χ0v) is 18.9. The third-order valence-electron chi connectivity index (χ3n) is 5.28. The summed E-state index contributed by atoms with van der Waals surface area (Å²) in [6, 6.07) is 26.9. The molecule has 32 heavy (non-hydrogen) atoms. The minimum Gasteiger partial charge on any atom is -0.280 e. The molecule has 0 unspecified atom stereocenters. The van der Waals surface area contributed by atoms with Crippen molar-refractivity contribution >= 4 is 15.7 Å². The molecule has 0 fully saturated rings. The molecule has 0 radical (unpaired) electrons. The molecule has 1 heterocycles. The highest BCUT2D eigenvalue weighted by Crippen LogP contribution is 2.28. The second-order valence-electron chi connectivity index (χ2n) is 7.80. The maximum Gasteiger partial charge on any atom is 0.265 e.